The lowest BCUT2D eigenvalue weighted by atomic mass is 9.99. The van der Waals surface area contributed by atoms with Crippen molar-refractivity contribution in [2.45, 2.75) is 19.3 Å². The van der Waals surface area contributed by atoms with Crippen molar-refractivity contribution >= 4 is 27.5 Å². The molecule has 0 saturated heterocycles. The van der Waals surface area contributed by atoms with E-state index in [4.69, 9.17) is 11.6 Å². The molecule has 0 aromatic heterocycles. The Bertz CT molecular complexity index is 230. The molecule has 1 rings (SSSR count). The van der Waals surface area contributed by atoms with Crippen LogP contribution in [0.5, 0.6) is 0 Å². The highest BCUT2D eigenvalue weighted by atomic mass is 79.9. The molecule has 0 unspecified atom stereocenters. The molecule has 0 bridgehead atoms. The maximum Gasteiger partial charge on any atom is 0.0406 e. The minimum absolute atomic E-state index is 0.613. The first kappa shape index (κ1) is 10.1. The van der Waals surface area contributed by atoms with Crippen molar-refractivity contribution in [3.05, 3.63) is 34.9 Å². The van der Waals surface area contributed by atoms with Gasteiger partial charge < -0.3 is 0 Å². The molecular formula is C10H12BrCl. The largest absolute Gasteiger partial charge is 0.0928 e. The summed E-state index contributed by atoms with van der Waals surface area (Å²) in [5, 5.41) is 1.86. The highest BCUT2D eigenvalue weighted by molar-refractivity contribution is 9.09. The molecule has 0 aliphatic rings. The third kappa shape index (κ3) is 2.80. The zero-order valence-electron chi connectivity index (χ0n) is 7.06. The predicted octanol–water partition coefficient (Wildman–Crippen LogP) is 4.23. The first-order chi connectivity index (χ1) is 5.74. The van der Waals surface area contributed by atoms with Gasteiger partial charge in [-0.2, -0.15) is 0 Å². The van der Waals surface area contributed by atoms with Crippen molar-refractivity contribution in [1.82, 2.24) is 0 Å². The summed E-state index contributed by atoms with van der Waals surface area (Å²) in [6.45, 7) is 2.23. The van der Waals surface area contributed by atoms with Crippen LogP contribution in [-0.2, 0) is 0 Å². The van der Waals surface area contributed by atoms with E-state index < -0.39 is 0 Å². The van der Waals surface area contributed by atoms with E-state index in [2.05, 4.69) is 35.0 Å². The summed E-state index contributed by atoms with van der Waals surface area (Å²) in [6, 6.07) is 8.08. The molecule has 0 nitrogen and oxygen atoms in total. The van der Waals surface area contributed by atoms with Crippen LogP contribution < -0.4 is 0 Å². The summed E-state index contributed by atoms with van der Waals surface area (Å²) < 4.78 is 0. The van der Waals surface area contributed by atoms with Crippen LogP contribution in [-0.4, -0.2) is 5.33 Å². The third-order valence-corrected chi connectivity index (χ3v) is 2.69. The monoisotopic (exact) mass is 246 g/mol. The Morgan fingerprint density at radius 2 is 1.92 bits per heavy atom. The summed E-state index contributed by atoms with van der Waals surface area (Å²) in [5.74, 6) is 0.613. The Labute approximate surface area is 87.1 Å². The van der Waals surface area contributed by atoms with Crippen LogP contribution in [0.25, 0.3) is 0 Å². The Hall–Kier alpha value is -0.0100. The lowest BCUT2D eigenvalue weighted by Gasteiger charge is -2.09. The molecule has 66 valence electrons. The van der Waals surface area contributed by atoms with Crippen LogP contribution in [0, 0.1) is 0 Å². The van der Waals surface area contributed by atoms with Crippen molar-refractivity contribution in [2.75, 3.05) is 5.33 Å². The van der Waals surface area contributed by atoms with Gasteiger partial charge in [0, 0.05) is 10.4 Å². The fourth-order valence-electron chi connectivity index (χ4n) is 1.12. The van der Waals surface area contributed by atoms with E-state index in [0.29, 0.717) is 5.92 Å². The lowest BCUT2D eigenvalue weighted by molar-refractivity contribution is 0.744. The number of halogens is 2. The smallest absolute Gasteiger partial charge is 0.0406 e. The van der Waals surface area contributed by atoms with Gasteiger partial charge in [-0.15, -0.1) is 0 Å². The zero-order chi connectivity index (χ0) is 8.97. The highest BCUT2D eigenvalue weighted by Crippen LogP contribution is 2.21. The van der Waals surface area contributed by atoms with E-state index in [1.807, 2.05) is 12.1 Å². The number of benzene rings is 1. The summed E-state index contributed by atoms with van der Waals surface area (Å²) in [5.41, 5.74) is 1.36. The maximum absolute atomic E-state index is 5.78. The minimum Gasteiger partial charge on any atom is -0.0928 e. The molecule has 0 amide bonds. The number of rotatable bonds is 3. The molecule has 1 atom stereocenters. The quantitative estimate of drug-likeness (QED) is 0.701. The fourth-order valence-corrected chi connectivity index (χ4v) is 1.93. The summed E-state index contributed by atoms with van der Waals surface area (Å²) in [4.78, 5) is 0. The molecule has 2 heteroatoms. The van der Waals surface area contributed by atoms with Gasteiger partial charge in [0.25, 0.3) is 0 Å². The van der Waals surface area contributed by atoms with E-state index in [1.165, 1.54) is 12.0 Å². The molecule has 0 aliphatic heterocycles. The van der Waals surface area contributed by atoms with Crippen LogP contribution >= 0.6 is 27.5 Å². The van der Waals surface area contributed by atoms with Crippen LogP contribution in [0.1, 0.15) is 24.8 Å². The predicted molar refractivity (Wildman–Crippen MR) is 58.3 cm³/mol. The second-order valence-corrected chi connectivity index (χ2v) is 4.16. The summed E-state index contributed by atoms with van der Waals surface area (Å²) >= 11 is 9.22. The van der Waals surface area contributed by atoms with Crippen molar-refractivity contribution in [3.8, 4) is 0 Å². The average Bonchev–Trinajstić information content (AvgIpc) is 2.06. The van der Waals surface area contributed by atoms with Gasteiger partial charge in [-0.1, -0.05) is 46.6 Å². The third-order valence-electron chi connectivity index (χ3n) is 1.98. The van der Waals surface area contributed by atoms with E-state index in [0.717, 1.165) is 10.4 Å². The molecule has 0 heterocycles. The van der Waals surface area contributed by atoms with Gasteiger partial charge in [-0.3, -0.25) is 0 Å². The van der Waals surface area contributed by atoms with Gasteiger partial charge in [0.05, 0.1) is 0 Å². The van der Waals surface area contributed by atoms with Gasteiger partial charge in [-0.25, -0.2) is 0 Å². The number of alkyl halides is 1. The second-order valence-electron chi connectivity index (χ2n) is 2.93. The van der Waals surface area contributed by atoms with Gasteiger partial charge in [0.15, 0.2) is 0 Å². The zero-order valence-corrected chi connectivity index (χ0v) is 9.40. The molecule has 1 aromatic carbocycles. The van der Waals surface area contributed by atoms with Gasteiger partial charge in [0.1, 0.15) is 0 Å². The Morgan fingerprint density at radius 1 is 1.33 bits per heavy atom. The molecule has 12 heavy (non-hydrogen) atoms. The van der Waals surface area contributed by atoms with E-state index in [9.17, 15) is 0 Å². The molecule has 0 saturated carbocycles. The number of hydrogen-bond donors (Lipinski definition) is 0. The first-order valence-electron chi connectivity index (χ1n) is 4.05. The van der Waals surface area contributed by atoms with Crippen LogP contribution in [0.2, 0.25) is 5.02 Å². The molecule has 1 aromatic rings. The van der Waals surface area contributed by atoms with Gasteiger partial charge in [0.2, 0.25) is 0 Å². The molecule has 0 radical (unpaired) electrons. The molecule has 0 aliphatic carbocycles. The molecule has 0 spiro atoms. The Kier molecular flexibility index (Phi) is 4.10. The van der Waals surface area contributed by atoms with Crippen LogP contribution in [0.4, 0.5) is 0 Å². The fraction of sp³-hybridized carbons (Fsp3) is 0.400. The topological polar surface area (TPSA) is 0 Å². The first-order valence-corrected chi connectivity index (χ1v) is 5.55. The van der Waals surface area contributed by atoms with Gasteiger partial charge in [-0.05, 0) is 30.0 Å². The second kappa shape index (κ2) is 4.88. The molecular weight excluding hydrogens is 235 g/mol. The minimum atomic E-state index is 0.613. The van der Waals surface area contributed by atoms with E-state index in [-0.39, 0.29) is 0 Å². The van der Waals surface area contributed by atoms with Crippen LogP contribution in [0.3, 0.4) is 0 Å². The lowest BCUT2D eigenvalue weighted by Crippen LogP contribution is -1.93. The highest BCUT2D eigenvalue weighted by Gasteiger charge is 2.03. The maximum atomic E-state index is 5.78. The van der Waals surface area contributed by atoms with E-state index in [1.54, 1.807) is 0 Å². The SMILES string of the molecule is C[C@@H](CCBr)c1ccc(Cl)cc1. The Morgan fingerprint density at radius 3 is 2.42 bits per heavy atom. The van der Waals surface area contributed by atoms with E-state index >= 15 is 0 Å². The van der Waals surface area contributed by atoms with Crippen molar-refractivity contribution in [2.24, 2.45) is 0 Å². The van der Waals surface area contributed by atoms with Crippen molar-refractivity contribution in [1.29, 1.82) is 0 Å². The molecule has 0 N–H and O–H groups in total. The van der Waals surface area contributed by atoms with Gasteiger partial charge >= 0.3 is 0 Å². The van der Waals surface area contributed by atoms with Crippen molar-refractivity contribution in [3.63, 3.8) is 0 Å². The summed E-state index contributed by atoms with van der Waals surface area (Å²) in [7, 11) is 0. The number of hydrogen-bond acceptors (Lipinski definition) is 0. The average molecular weight is 248 g/mol. The normalized spacial score (nSPS) is 12.9. The summed E-state index contributed by atoms with van der Waals surface area (Å²) in [6.07, 6.45) is 1.17. The molecule has 0 fully saturated rings. The Balaban J connectivity index is 2.68. The van der Waals surface area contributed by atoms with Crippen molar-refractivity contribution < 1.29 is 0 Å². The van der Waals surface area contributed by atoms with Crippen LogP contribution in [0.15, 0.2) is 24.3 Å². The standard InChI is InChI=1S/C10H12BrCl/c1-8(6-7-11)9-2-4-10(12)5-3-9/h2-5,8H,6-7H2,1H3/t8-/m0/s1.